The van der Waals surface area contributed by atoms with Crippen molar-refractivity contribution in [2.75, 3.05) is 17.3 Å². The van der Waals surface area contributed by atoms with Gasteiger partial charge in [0.2, 0.25) is 5.91 Å². The molecule has 0 aromatic heterocycles. The molecule has 0 saturated carbocycles. The minimum Gasteiger partial charge on any atom is -0.491 e. The zero-order chi connectivity index (χ0) is 15.1. The fourth-order valence-corrected chi connectivity index (χ4v) is 2.59. The van der Waals surface area contributed by atoms with Gasteiger partial charge in [-0.3, -0.25) is 4.79 Å². The lowest BCUT2D eigenvalue weighted by atomic mass is 10.0. The molecular weight excluding hydrogens is 330 g/mol. The molecular formula is C17H18BrNO2. The molecule has 3 nitrogen and oxygen atoms in total. The van der Waals surface area contributed by atoms with Gasteiger partial charge in [-0.15, -0.1) is 0 Å². The SMILES string of the molecule is CC(=O)Nc1ccccc1OCC(CBr)c1ccccc1. The number of carbonyl (C=O) groups excluding carboxylic acids is 1. The molecule has 0 radical (unpaired) electrons. The number of rotatable bonds is 6. The summed E-state index contributed by atoms with van der Waals surface area (Å²) >= 11 is 3.54. The van der Waals surface area contributed by atoms with Gasteiger partial charge in [0.25, 0.3) is 0 Å². The summed E-state index contributed by atoms with van der Waals surface area (Å²) in [6, 6.07) is 17.7. The van der Waals surface area contributed by atoms with Crippen LogP contribution < -0.4 is 10.1 Å². The number of benzene rings is 2. The standard InChI is InChI=1S/C17H18BrNO2/c1-13(20)19-16-9-5-6-10-17(16)21-12-15(11-18)14-7-3-2-4-8-14/h2-10,15H,11-12H2,1H3,(H,19,20). The van der Waals surface area contributed by atoms with Crippen molar-refractivity contribution in [3.63, 3.8) is 0 Å². The highest BCUT2D eigenvalue weighted by Gasteiger charge is 2.12. The minimum absolute atomic E-state index is 0.105. The van der Waals surface area contributed by atoms with E-state index in [2.05, 4.69) is 33.4 Å². The number of carbonyl (C=O) groups is 1. The van der Waals surface area contributed by atoms with E-state index < -0.39 is 0 Å². The Balaban J connectivity index is 2.06. The maximum Gasteiger partial charge on any atom is 0.221 e. The Kier molecular flexibility index (Phi) is 5.81. The topological polar surface area (TPSA) is 38.3 Å². The van der Waals surface area contributed by atoms with Gasteiger partial charge in [0, 0.05) is 18.2 Å². The predicted molar refractivity (Wildman–Crippen MR) is 89.2 cm³/mol. The van der Waals surface area contributed by atoms with E-state index >= 15 is 0 Å². The van der Waals surface area contributed by atoms with Crippen LogP contribution in [0.15, 0.2) is 54.6 Å². The maximum absolute atomic E-state index is 11.2. The first-order valence-electron chi connectivity index (χ1n) is 6.81. The number of alkyl halides is 1. The van der Waals surface area contributed by atoms with Gasteiger partial charge in [-0.1, -0.05) is 58.4 Å². The van der Waals surface area contributed by atoms with Crippen LogP contribution in [0.2, 0.25) is 0 Å². The van der Waals surface area contributed by atoms with Crippen LogP contribution in [0.1, 0.15) is 18.4 Å². The Morgan fingerprint density at radius 3 is 2.48 bits per heavy atom. The summed E-state index contributed by atoms with van der Waals surface area (Å²) in [6.45, 7) is 2.04. The molecule has 0 spiro atoms. The number of para-hydroxylation sites is 2. The minimum atomic E-state index is -0.105. The molecule has 0 bridgehead atoms. The van der Waals surface area contributed by atoms with Gasteiger partial charge < -0.3 is 10.1 Å². The van der Waals surface area contributed by atoms with Crippen molar-refractivity contribution in [2.24, 2.45) is 0 Å². The van der Waals surface area contributed by atoms with E-state index in [0.29, 0.717) is 18.0 Å². The quantitative estimate of drug-likeness (QED) is 0.795. The number of hydrogen-bond donors (Lipinski definition) is 1. The van der Waals surface area contributed by atoms with Crippen molar-refractivity contribution in [3.8, 4) is 5.75 Å². The first-order valence-corrected chi connectivity index (χ1v) is 7.93. The van der Waals surface area contributed by atoms with E-state index in [9.17, 15) is 4.79 Å². The van der Waals surface area contributed by atoms with Crippen molar-refractivity contribution >= 4 is 27.5 Å². The van der Waals surface area contributed by atoms with E-state index in [1.54, 1.807) is 0 Å². The highest BCUT2D eigenvalue weighted by Crippen LogP contribution is 2.26. The van der Waals surface area contributed by atoms with Gasteiger partial charge in [-0.25, -0.2) is 0 Å². The van der Waals surface area contributed by atoms with Crippen LogP contribution in [-0.4, -0.2) is 17.8 Å². The number of amides is 1. The molecule has 1 atom stereocenters. The summed E-state index contributed by atoms with van der Waals surface area (Å²) in [5, 5.41) is 3.60. The molecule has 0 aliphatic heterocycles. The van der Waals surface area contributed by atoms with E-state index in [4.69, 9.17) is 4.74 Å². The second-order valence-electron chi connectivity index (χ2n) is 4.75. The van der Waals surface area contributed by atoms with Crippen molar-refractivity contribution in [3.05, 3.63) is 60.2 Å². The largest absolute Gasteiger partial charge is 0.491 e. The summed E-state index contributed by atoms with van der Waals surface area (Å²) in [6.07, 6.45) is 0. The molecule has 21 heavy (non-hydrogen) atoms. The van der Waals surface area contributed by atoms with Gasteiger partial charge in [0.15, 0.2) is 0 Å². The lowest BCUT2D eigenvalue weighted by Crippen LogP contribution is -2.13. The summed E-state index contributed by atoms with van der Waals surface area (Å²) in [5.41, 5.74) is 1.93. The first-order chi connectivity index (χ1) is 10.2. The number of ether oxygens (including phenoxy) is 1. The number of hydrogen-bond acceptors (Lipinski definition) is 2. The maximum atomic E-state index is 11.2. The average Bonchev–Trinajstić information content (AvgIpc) is 2.50. The third kappa shape index (κ3) is 4.60. The van der Waals surface area contributed by atoms with Crippen LogP contribution in [0.25, 0.3) is 0 Å². The Morgan fingerprint density at radius 2 is 1.81 bits per heavy atom. The molecule has 2 aromatic carbocycles. The zero-order valence-corrected chi connectivity index (χ0v) is 13.5. The highest BCUT2D eigenvalue weighted by atomic mass is 79.9. The van der Waals surface area contributed by atoms with E-state index in [1.807, 2.05) is 42.5 Å². The van der Waals surface area contributed by atoms with Crippen molar-refractivity contribution in [1.29, 1.82) is 0 Å². The number of halogens is 1. The first kappa shape index (κ1) is 15.6. The summed E-state index contributed by atoms with van der Waals surface area (Å²) in [5.74, 6) is 0.845. The monoisotopic (exact) mass is 347 g/mol. The average molecular weight is 348 g/mol. The highest BCUT2D eigenvalue weighted by molar-refractivity contribution is 9.09. The third-order valence-corrected chi connectivity index (χ3v) is 3.88. The number of anilines is 1. The Hall–Kier alpha value is -1.81. The summed E-state index contributed by atoms with van der Waals surface area (Å²) in [7, 11) is 0. The van der Waals surface area contributed by atoms with Crippen LogP contribution in [-0.2, 0) is 4.79 Å². The van der Waals surface area contributed by atoms with Gasteiger partial charge >= 0.3 is 0 Å². The second kappa shape index (κ2) is 7.84. The predicted octanol–water partition coefficient (Wildman–Crippen LogP) is 4.20. The summed E-state index contributed by atoms with van der Waals surface area (Å²) < 4.78 is 5.90. The molecule has 0 heterocycles. The number of nitrogens with one attached hydrogen (secondary N) is 1. The van der Waals surface area contributed by atoms with Crippen LogP contribution in [0.5, 0.6) is 5.75 Å². The third-order valence-electron chi connectivity index (χ3n) is 3.10. The van der Waals surface area contributed by atoms with Gasteiger partial charge in [0.1, 0.15) is 5.75 Å². The van der Waals surface area contributed by atoms with Crippen LogP contribution in [0, 0.1) is 0 Å². The molecule has 2 aromatic rings. The molecule has 1 N–H and O–H groups in total. The Bertz CT molecular complexity index is 586. The fraction of sp³-hybridized carbons (Fsp3) is 0.235. The lowest BCUT2D eigenvalue weighted by Gasteiger charge is -2.17. The molecule has 1 unspecified atom stereocenters. The molecule has 0 aliphatic rings. The normalized spacial score (nSPS) is 11.7. The fourth-order valence-electron chi connectivity index (χ4n) is 2.03. The summed E-state index contributed by atoms with van der Waals surface area (Å²) in [4.78, 5) is 11.2. The van der Waals surface area contributed by atoms with Crippen molar-refractivity contribution in [1.82, 2.24) is 0 Å². The molecule has 4 heteroatoms. The van der Waals surface area contributed by atoms with Crippen molar-refractivity contribution in [2.45, 2.75) is 12.8 Å². The smallest absolute Gasteiger partial charge is 0.221 e. The Labute approximate surface area is 133 Å². The van der Waals surface area contributed by atoms with Crippen LogP contribution >= 0.6 is 15.9 Å². The van der Waals surface area contributed by atoms with E-state index in [0.717, 1.165) is 5.33 Å². The second-order valence-corrected chi connectivity index (χ2v) is 5.40. The molecule has 110 valence electrons. The lowest BCUT2D eigenvalue weighted by molar-refractivity contribution is -0.114. The molecule has 1 amide bonds. The van der Waals surface area contributed by atoms with Crippen molar-refractivity contribution < 1.29 is 9.53 Å². The van der Waals surface area contributed by atoms with E-state index in [1.165, 1.54) is 12.5 Å². The van der Waals surface area contributed by atoms with Gasteiger partial charge in [0.05, 0.1) is 12.3 Å². The molecule has 0 saturated heterocycles. The van der Waals surface area contributed by atoms with E-state index in [-0.39, 0.29) is 11.8 Å². The van der Waals surface area contributed by atoms with Gasteiger partial charge in [-0.05, 0) is 17.7 Å². The molecule has 0 fully saturated rings. The van der Waals surface area contributed by atoms with Crippen LogP contribution in [0.3, 0.4) is 0 Å². The van der Waals surface area contributed by atoms with Crippen LogP contribution in [0.4, 0.5) is 5.69 Å². The Morgan fingerprint density at radius 1 is 1.14 bits per heavy atom. The zero-order valence-electron chi connectivity index (χ0n) is 11.9. The van der Waals surface area contributed by atoms with Gasteiger partial charge in [-0.2, -0.15) is 0 Å². The molecule has 0 aliphatic carbocycles. The molecule has 2 rings (SSSR count).